The molecule has 56 heavy (non-hydrogen) atoms. The molecule has 1 N–H and O–H groups in total. The number of anilines is 1. The van der Waals surface area contributed by atoms with E-state index in [-0.39, 0.29) is 37.2 Å². The van der Waals surface area contributed by atoms with E-state index in [2.05, 4.69) is 12.2 Å². The summed E-state index contributed by atoms with van der Waals surface area (Å²) >= 11 is 0. The Labute approximate surface area is 326 Å². The molecule has 2 heterocycles. The van der Waals surface area contributed by atoms with Crippen LogP contribution in [0.4, 0.5) is 47.3 Å². The number of nitro groups is 1. The van der Waals surface area contributed by atoms with Crippen LogP contribution in [0.1, 0.15) is 129 Å². The van der Waals surface area contributed by atoms with Crippen molar-refractivity contribution in [3.63, 3.8) is 0 Å². The summed E-state index contributed by atoms with van der Waals surface area (Å²) in [5.41, 5.74) is -4.46. The molecule has 0 bridgehead atoms. The first-order chi connectivity index (χ1) is 26.2. The van der Waals surface area contributed by atoms with Crippen molar-refractivity contribution in [2.75, 3.05) is 36.0 Å². The number of halogens is 6. The Morgan fingerprint density at radius 3 is 1.86 bits per heavy atom. The summed E-state index contributed by atoms with van der Waals surface area (Å²) in [4.78, 5) is 61.5. The average molecular weight is 828 g/mol. The third-order valence-electron chi connectivity index (χ3n) is 9.55. The Morgan fingerprint density at radius 1 is 0.804 bits per heavy atom. The largest absolute Gasteiger partial charge is 0.423 e. The molecule has 6 amide bonds. The maximum absolute atomic E-state index is 13.4. The lowest BCUT2D eigenvalue weighted by Crippen LogP contribution is -2.44. The maximum Gasteiger partial charge on any atom is 0.423 e. The van der Waals surface area contributed by atoms with Gasteiger partial charge >= 0.3 is 24.4 Å². The van der Waals surface area contributed by atoms with E-state index in [9.17, 15) is 59.8 Å². The van der Waals surface area contributed by atoms with E-state index in [1.807, 2.05) is 0 Å². The number of hydrogen-bond donors (Lipinski definition) is 1. The number of rotatable bonds is 23. The van der Waals surface area contributed by atoms with Gasteiger partial charge < -0.3 is 9.80 Å². The van der Waals surface area contributed by atoms with Gasteiger partial charge in [-0.3, -0.25) is 29.2 Å². The fourth-order valence-corrected chi connectivity index (χ4v) is 7.56. The van der Waals surface area contributed by atoms with Crippen LogP contribution < -0.4 is 10.2 Å². The number of alkyl halides is 6. The molecule has 318 valence electrons. The van der Waals surface area contributed by atoms with Crippen molar-refractivity contribution in [3.8, 4) is 0 Å². The maximum atomic E-state index is 13.4. The normalized spacial score (nSPS) is 16.3. The van der Waals surface area contributed by atoms with Crippen LogP contribution in [0, 0.1) is 10.1 Å². The molecule has 2 aliphatic heterocycles. The van der Waals surface area contributed by atoms with Gasteiger partial charge in [-0.2, -0.15) is 26.3 Å². The molecule has 0 saturated carbocycles. The third kappa shape index (κ3) is 16.0. The fraction of sp³-hybridized carbons (Fsp3) is 0.730. The van der Waals surface area contributed by atoms with Crippen LogP contribution in [-0.4, -0.2) is 85.7 Å². The summed E-state index contributed by atoms with van der Waals surface area (Å²) in [5.74, 6) is -0.505. The van der Waals surface area contributed by atoms with E-state index >= 15 is 0 Å². The molecular formula is C37H55F6N5O7S. The Morgan fingerprint density at radius 2 is 1.34 bits per heavy atom. The molecule has 2 aliphatic rings. The molecule has 2 saturated heterocycles. The SMILES string of the molecule is CC1(C)C(=O)N(c2ccc([N+](=O)[O-])c(C(F)(F)F)c2)C(=O)N1CCCCCCCCCS(=O)CCCC(F)(F)F.CCCCCCCCCN1CC(=O)NC1=O. The molecule has 0 spiro atoms. The van der Waals surface area contributed by atoms with Crippen molar-refractivity contribution in [2.24, 2.45) is 0 Å². The highest BCUT2D eigenvalue weighted by Gasteiger charge is 2.52. The summed E-state index contributed by atoms with van der Waals surface area (Å²) in [7, 11) is -1.26. The predicted molar refractivity (Wildman–Crippen MR) is 200 cm³/mol. The Balaban J connectivity index is 0.000000563. The van der Waals surface area contributed by atoms with Gasteiger partial charge in [-0.1, -0.05) is 77.6 Å². The smallest absolute Gasteiger partial charge is 0.315 e. The number of nitrogens with zero attached hydrogens (tertiary/aromatic N) is 4. The van der Waals surface area contributed by atoms with Gasteiger partial charge in [0.25, 0.3) is 11.6 Å². The monoisotopic (exact) mass is 827 g/mol. The number of urea groups is 2. The number of carbonyl (C=O) groups excluding carboxylic acids is 4. The lowest BCUT2D eigenvalue weighted by Gasteiger charge is -2.27. The first-order valence-electron chi connectivity index (χ1n) is 19.2. The molecular weight excluding hydrogens is 772 g/mol. The van der Waals surface area contributed by atoms with E-state index < -0.39 is 68.9 Å². The molecule has 0 radical (unpaired) electrons. The molecule has 1 aromatic rings. The minimum Gasteiger partial charge on any atom is -0.315 e. The predicted octanol–water partition coefficient (Wildman–Crippen LogP) is 9.27. The second kappa shape index (κ2) is 22.8. The quantitative estimate of drug-likeness (QED) is 0.0380. The van der Waals surface area contributed by atoms with Gasteiger partial charge in [0.15, 0.2) is 0 Å². The second-order valence-corrected chi connectivity index (χ2v) is 16.2. The summed E-state index contributed by atoms with van der Waals surface area (Å²) < 4.78 is 88.3. The standard InChI is InChI=1S/C25H33F6N3O5S.C12H22N2O2/c1-23(2)21(35)33(18-11-12-20(34(37)38)19(17-18)25(29,30)31)22(36)32(23)14-8-6-4-3-5-7-9-15-40(39)16-10-13-24(26,27)28;1-2-3-4-5-6-7-8-9-14-10-11(15)13-12(14)16/h11-12,17H,3-10,13-16H2,1-2H3;2-10H2,1H3,(H,13,15,16). The Hall–Kier alpha value is -3.77. The third-order valence-corrected chi connectivity index (χ3v) is 11.0. The van der Waals surface area contributed by atoms with Crippen LogP contribution in [0.2, 0.25) is 0 Å². The van der Waals surface area contributed by atoms with Crippen LogP contribution in [0.25, 0.3) is 0 Å². The molecule has 2 fully saturated rings. The van der Waals surface area contributed by atoms with E-state index in [0.29, 0.717) is 48.6 Å². The molecule has 3 rings (SSSR count). The van der Waals surface area contributed by atoms with Gasteiger partial charge in [-0.25, -0.2) is 14.5 Å². The molecule has 0 aliphatic carbocycles. The number of unbranched alkanes of at least 4 members (excludes halogenated alkanes) is 12. The highest BCUT2D eigenvalue weighted by molar-refractivity contribution is 7.84. The summed E-state index contributed by atoms with van der Waals surface area (Å²) in [5, 5.41) is 13.3. The average Bonchev–Trinajstić information content (AvgIpc) is 3.51. The van der Waals surface area contributed by atoms with Gasteiger partial charge in [0.1, 0.15) is 17.6 Å². The van der Waals surface area contributed by atoms with Crippen molar-refractivity contribution in [3.05, 3.63) is 33.9 Å². The lowest BCUT2D eigenvalue weighted by molar-refractivity contribution is -0.388. The highest BCUT2D eigenvalue weighted by atomic mass is 32.2. The number of benzene rings is 1. The molecule has 0 aromatic heterocycles. The molecule has 1 unspecified atom stereocenters. The molecule has 12 nitrogen and oxygen atoms in total. The van der Waals surface area contributed by atoms with Crippen LogP contribution >= 0.6 is 0 Å². The summed E-state index contributed by atoms with van der Waals surface area (Å²) in [6, 6.07) is 0.975. The van der Waals surface area contributed by atoms with E-state index in [1.54, 1.807) is 4.90 Å². The number of amides is 6. The molecule has 1 atom stereocenters. The number of hydrogen-bond acceptors (Lipinski definition) is 7. The van der Waals surface area contributed by atoms with Crippen molar-refractivity contribution < 1.29 is 54.7 Å². The minimum atomic E-state index is -5.06. The first-order valence-corrected chi connectivity index (χ1v) is 20.7. The topological polar surface area (TPSA) is 150 Å². The second-order valence-electron chi connectivity index (χ2n) is 14.5. The lowest BCUT2D eigenvalue weighted by atomic mass is 10.0. The Bertz CT molecular complexity index is 1510. The zero-order valence-electron chi connectivity index (χ0n) is 32.4. The highest BCUT2D eigenvalue weighted by Crippen LogP contribution is 2.40. The molecule has 1 aromatic carbocycles. The first kappa shape index (κ1) is 48.4. The van der Waals surface area contributed by atoms with E-state index in [4.69, 9.17) is 0 Å². The van der Waals surface area contributed by atoms with Crippen molar-refractivity contribution in [2.45, 2.75) is 141 Å². The summed E-state index contributed by atoms with van der Waals surface area (Å²) in [6.45, 7) is 6.32. The number of carbonyl (C=O) groups is 4. The van der Waals surface area contributed by atoms with Crippen LogP contribution in [0.5, 0.6) is 0 Å². The van der Waals surface area contributed by atoms with Crippen molar-refractivity contribution in [1.82, 2.24) is 15.1 Å². The zero-order valence-corrected chi connectivity index (χ0v) is 33.2. The van der Waals surface area contributed by atoms with Crippen molar-refractivity contribution >= 4 is 46.1 Å². The van der Waals surface area contributed by atoms with Gasteiger partial charge in [-0.15, -0.1) is 0 Å². The van der Waals surface area contributed by atoms with E-state index in [1.165, 1.54) is 50.9 Å². The zero-order chi connectivity index (χ0) is 42.1. The van der Waals surface area contributed by atoms with Gasteiger partial charge in [-0.05, 0) is 51.7 Å². The minimum absolute atomic E-state index is 0.0404. The van der Waals surface area contributed by atoms with E-state index in [0.717, 1.165) is 44.6 Å². The summed E-state index contributed by atoms with van der Waals surface area (Å²) in [6.07, 6.45) is 3.46. The van der Waals surface area contributed by atoms with Gasteiger partial charge in [0.05, 0.1) is 10.6 Å². The van der Waals surface area contributed by atoms with Gasteiger partial charge in [0.2, 0.25) is 5.91 Å². The van der Waals surface area contributed by atoms with Crippen molar-refractivity contribution in [1.29, 1.82) is 0 Å². The van der Waals surface area contributed by atoms with Gasteiger partial charge in [0, 0.05) is 47.9 Å². The molecule has 19 heteroatoms. The van der Waals surface area contributed by atoms with Crippen LogP contribution in [0.15, 0.2) is 18.2 Å². The number of imide groups is 2. The Kier molecular flexibility index (Phi) is 19.7. The number of nitrogens with one attached hydrogen (secondary N) is 1. The fourth-order valence-electron chi connectivity index (χ4n) is 6.36. The number of nitro benzene ring substituents is 1. The van der Waals surface area contributed by atoms with Crippen LogP contribution in [-0.2, 0) is 26.6 Å². The van der Waals surface area contributed by atoms with Crippen LogP contribution in [0.3, 0.4) is 0 Å².